The second kappa shape index (κ2) is 4.61. The number of hydrogen-bond donors (Lipinski definition) is 0. The molecule has 2 aromatic rings. The molecule has 0 N–H and O–H groups in total. The molecule has 0 fully saturated rings. The first-order chi connectivity index (χ1) is 8.39. The van der Waals surface area contributed by atoms with E-state index in [1.54, 1.807) is 0 Å². The lowest BCUT2D eigenvalue weighted by atomic mass is 10.1. The van der Waals surface area contributed by atoms with Crippen molar-refractivity contribution in [3.63, 3.8) is 0 Å². The topological polar surface area (TPSA) is 30.2 Å². The summed E-state index contributed by atoms with van der Waals surface area (Å²) in [5.41, 5.74) is -0.934. The zero-order valence-electron chi connectivity index (χ0n) is 8.79. The van der Waals surface area contributed by atoms with Crippen molar-refractivity contribution in [2.45, 2.75) is 6.18 Å². The molecule has 6 heteroatoms. The van der Waals surface area contributed by atoms with Crippen molar-refractivity contribution in [3.8, 4) is 0 Å². The van der Waals surface area contributed by atoms with Gasteiger partial charge in [-0.15, -0.1) is 0 Å². The Morgan fingerprint density at radius 1 is 1.22 bits per heavy atom. The monoisotopic (exact) mass is 318 g/mol. The zero-order chi connectivity index (χ0) is 13.3. The molecule has 1 aromatic heterocycles. The van der Waals surface area contributed by atoms with Gasteiger partial charge < -0.3 is 4.42 Å². The quantitative estimate of drug-likeness (QED) is 0.773. The highest BCUT2D eigenvalue weighted by molar-refractivity contribution is 9.10. The van der Waals surface area contributed by atoms with E-state index in [1.807, 2.05) is 0 Å². The van der Waals surface area contributed by atoms with Crippen molar-refractivity contribution in [1.82, 2.24) is 0 Å². The molecule has 0 saturated carbocycles. The maximum absolute atomic E-state index is 12.5. The Morgan fingerprint density at radius 3 is 2.50 bits per heavy atom. The first-order valence-corrected chi connectivity index (χ1v) is 5.64. The number of furan rings is 1. The Labute approximate surface area is 109 Å². The summed E-state index contributed by atoms with van der Waals surface area (Å²) in [6.45, 7) is 0. The summed E-state index contributed by atoms with van der Waals surface area (Å²) in [4.78, 5) is 11.9. The van der Waals surface area contributed by atoms with E-state index >= 15 is 0 Å². The number of benzene rings is 1. The van der Waals surface area contributed by atoms with Gasteiger partial charge >= 0.3 is 6.18 Å². The predicted octanol–water partition coefficient (Wildman–Crippen LogP) is 4.29. The van der Waals surface area contributed by atoms with Crippen molar-refractivity contribution in [2.75, 3.05) is 0 Å². The Bertz CT molecular complexity index is 587. The Hall–Kier alpha value is -1.56. The van der Waals surface area contributed by atoms with Crippen molar-refractivity contribution < 1.29 is 22.4 Å². The average molecular weight is 319 g/mol. The van der Waals surface area contributed by atoms with Gasteiger partial charge in [0.25, 0.3) is 0 Å². The fourth-order valence-corrected chi connectivity index (χ4v) is 1.81. The van der Waals surface area contributed by atoms with Gasteiger partial charge in [0, 0.05) is 5.56 Å². The third-order valence-corrected chi connectivity index (χ3v) is 2.90. The minimum atomic E-state index is -4.48. The number of halogens is 4. The summed E-state index contributed by atoms with van der Waals surface area (Å²) in [7, 11) is 0. The molecule has 2 rings (SSSR count). The van der Waals surface area contributed by atoms with Crippen LogP contribution >= 0.6 is 15.9 Å². The number of carbonyl (C=O) groups excluding carboxylic acids is 1. The van der Waals surface area contributed by atoms with E-state index in [4.69, 9.17) is 4.42 Å². The zero-order valence-corrected chi connectivity index (χ0v) is 10.4. The average Bonchev–Trinajstić information content (AvgIpc) is 2.73. The summed E-state index contributed by atoms with van der Waals surface area (Å²) in [6, 6.07) is 5.71. The molecule has 2 nitrogen and oxygen atoms in total. The molecule has 0 radical (unpaired) electrons. The lowest BCUT2D eigenvalue weighted by Crippen LogP contribution is -2.08. The normalized spacial score (nSPS) is 11.6. The minimum absolute atomic E-state index is 0.0191. The van der Waals surface area contributed by atoms with Crippen LogP contribution in [0.2, 0.25) is 0 Å². The fourth-order valence-electron chi connectivity index (χ4n) is 1.42. The van der Waals surface area contributed by atoms with Crippen LogP contribution in [-0.2, 0) is 6.18 Å². The van der Waals surface area contributed by atoms with E-state index in [1.165, 1.54) is 24.5 Å². The molecule has 1 heterocycles. The number of ketones is 1. The van der Waals surface area contributed by atoms with E-state index in [9.17, 15) is 18.0 Å². The smallest absolute Gasteiger partial charge is 0.416 e. The first kappa shape index (κ1) is 12.9. The highest BCUT2D eigenvalue weighted by Gasteiger charge is 2.31. The van der Waals surface area contributed by atoms with E-state index in [2.05, 4.69) is 15.9 Å². The second-order valence-electron chi connectivity index (χ2n) is 3.51. The van der Waals surface area contributed by atoms with Gasteiger partial charge in [0.05, 0.1) is 16.3 Å². The molecule has 0 atom stereocenters. The molecule has 0 amide bonds. The van der Waals surface area contributed by atoms with E-state index in [0.717, 1.165) is 12.1 Å². The molecule has 0 bridgehead atoms. The Kier molecular flexibility index (Phi) is 3.30. The van der Waals surface area contributed by atoms with Crippen molar-refractivity contribution >= 4 is 21.7 Å². The Morgan fingerprint density at radius 2 is 1.94 bits per heavy atom. The fraction of sp³-hybridized carbons (Fsp3) is 0.0833. The van der Waals surface area contributed by atoms with Crippen molar-refractivity contribution in [3.05, 3.63) is 58.0 Å². The van der Waals surface area contributed by atoms with Gasteiger partial charge in [0.2, 0.25) is 5.78 Å². The van der Waals surface area contributed by atoms with Crippen LogP contribution in [-0.4, -0.2) is 5.78 Å². The first-order valence-electron chi connectivity index (χ1n) is 4.84. The van der Waals surface area contributed by atoms with Crippen LogP contribution in [0.3, 0.4) is 0 Å². The van der Waals surface area contributed by atoms with Crippen molar-refractivity contribution in [2.24, 2.45) is 0 Å². The molecule has 18 heavy (non-hydrogen) atoms. The molecule has 94 valence electrons. The van der Waals surface area contributed by atoms with E-state index < -0.39 is 17.5 Å². The number of alkyl halides is 3. The lowest BCUT2D eigenvalue weighted by Gasteiger charge is -2.07. The van der Waals surface area contributed by atoms with Gasteiger partial charge in [0.1, 0.15) is 0 Å². The molecular formula is C12H6BrF3O2. The van der Waals surface area contributed by atoms with Crippen LogP contribution in [0.15, 0.2) is 45.5 Å². The second-order valence-corrected chi connectivity index (χ2v) is 4.36. The minimum Gasteiger partial charge on any atom is -0.460 e. The molecule has 0 spiro atoms. The highest BCUT2D eigenvalue weighted by Crippen LogP contribution is 2.30. The summed E-state index contributed by atoms with van der Waals surface area (Å²) in [6.07, 6.45) is -3.19. The van der Waals surface area contributed by atoms with Crippen LogP contribution in [0.5, 0.6) is 0 Å². The molecule has 0 aliphatic carbocycles. The molecular weight excluding hydrogens is 313 g/mol. The maximum atomic E-state index is 12.5. The van der Waals surface area contributed by atoms with Crippen LogP contribution in [0.1, 0.15) is 21.7 Å². The van der Waals surface area contributed by atoms with Gasteiger partial charge in [-0.25, -0.2) is 0 Å². The molecule has 1 aromatic carbocycles. The van der Waals surface area contributed by atoms with Crippen LogP contribution in [0.4, 0.5) is 13.2 Å². The summed E-state index contributed by atoms with van der Waals surface area (Å²) >= 11 is 3.09. The molecule has 0 aliphatic rings. The van der Waals surface area contributed by atoms with Gasteiger partial charge in [-0.3, -0.25) is 4.79 Å². The number of hydrogen-bond acceptors (Lipinski definition) is 2. The molecule has 0 unspecified atom stereocenters. The summed E-state index contributed by atoms with van der Waals surface area (Å²) in [5.74, 6) is -0.618. The van der Waals surface area contributed by atoms with Gasteiger partial charge in [0.15, 0.2) is 5.76 Å². The Balaban J connectivity index is 2.41. The van der Waals surface area contributed by atoms with Gasteiger partial charge in [-0.1, -0.05) is 12.1 Å². The van der Waals surface area contributed by atoms with Gasteiger partial charge in [-0.2, -0.15) is 13.2 Å². The third-order valence-electron chi connectivity index (χ3n) is 2.28. The number of rotatable bonds is 2. The lowest BCUT2D eigenvalue weighted by molar-refractivity contribution is -0.137. The predicted molar refractivity (Wildman–Crippen MR) is 61.3 cm³/mol. The van der Waals surface area contributed by atoms with Crippen molar-refractivity contribution in [1.29, 1.82) is 0 Å². The summed E-state index contributed by atoms with van der Waals surface area (Å²) < 4.78 is 42.9. The van der Waals surface area contributed by atoms with Crippen LogP contribution in [0, 0.1) is 0 Å². The third kappa shape index (κ3) is 2.48. The SMILES string of the molecule is O=C(c1cccc(C(F)(F)F)c1)c1occc1Br. The standard InChI is InChI=1S/C12H6BrF3O2/c13-9-4-5-18-11(9)10(17)7-2-1-3-8(6-7)12(14,15)16/h1-6H. The molecule has 0 aliphatic heterocycles. The largest absolute Gasteiger partial charge is 0.460 e. The van der Waals surface area contributed by atoms with Crippen LogP contribution in [0.25, 0.3) is 0 Å². The summed E-state index contributed by atoms with van der Waals surface area (Å²) in [5, 5.41) is 0. The van der Waals surface area contributed by atoms with E-state index in [0.29, 0.717) is 4.47 Å². The highest BCUT2D eigenvalue weighted by atomic mass is 79.9. The van der Waals surface area contributed by atoms with Gasteiger partial charge in [-0.05, 0) is 34.1 Å². The maximum Gasteiger partial charge on any atom is 0.416 e. The molecule has 0 saturated heterocycles. The number of carbonyl (C=O) groups is 1. The van der Waals surface area contributed by atoms with E-state index in [-0.39, 0.29) is 11.3 Å². The van der Waals surface area contributed by atoms with Crippen LogP contribution < -0.4 is 0 Å².